The predicted molar refractivity (Wildman–Crippen MR) is 81.3 cm³/mol. The molecule has 2 heteroatoms. The largest absolute Gasteiger partial charge is 0.361 e. The highest BCUT2D eigenvalue weighted by molar-refractivity contribution is 5.85. The summed E-state index contributed by atoms with van der Waals surface area (Å²) in [4.78, 5) is 5.72. The van der Waals surface area contributed by atoms with E-state index in [1.54, 1.807) is 0 Å². The van der Waals surface area contributed by atoms with Gasteiger partial charge in [-0.05, 0) is 38.1 Å². The Balaban J connectivity index is 0.000000771. The van der Waals surface area contributed by atoms with Crippen LogP contribution in [-0.2, 0) is 6.42 Å². The Morgan fingerprint density at radius 3 is 2.61 bits per heavy atom. The molecule has 0 saturated heterocycles. The van der Waals surface area contributed by atoms with Gasteiger partial charge in [0.1, 0.15) is 0 Å². The minimum Gasteiger partial charge on any atom is -0.361 e. The summed E-state index contributed by atoms with van der Waals surface area (Å²) in [6, 6.07) is 6.50. The van der Waals surface area contributed by atoms with Crippen molar-refractivity contribution in [1.82, 2.24) is 9.88 Å². The number of para-hydroxylation sites is 1. The van der Waals surface area contributed by atoms with E-state index >= 15 is 0 Å². The number of nitrogens with one attached hydrogen (secondary N) is 1. The SMILES string of the molecule is CC.CCN(C)CCc1c[nH]c2c(C)cccc12. The lowest BCUT2D eigenvalue weighted by Crippen LogP contribution is -2.20. The molecule has 0 amide bonds. The average molecular weight is 246 g/mol. The lowest BCUT2D eigenvalue weighted by Gasteiger charge is -2.12. The molecule has 0 radical (unpaired) electrons. The summed E-state index contributed by atoms with van der Waals surface area (Å²) in [7, 11) is 2.17. The molecule has 1 heterocycles. The van der Waals surface area contributed by atoms with Crippen molar-refractivity contribution in [2.24, 2.45) is 0 Å². The number of rotatable bonds is 4. The zero-order valence-electron chi connectivity index (χ0n) is 12.4. The van der Waals surface area contributed by atoms with Crippen molar-refractivity contribution in [3.63, 3.8) is 0 Å². The summed E-state index contributed by atoms with van der Waals surface area (Å²) in [6.45, 7) is 10.6. The van der Waals surface area contributed by atoms with Gasteiger partial charge in [0.15, 0.2) is 0 Å². The molecule has 1 aromatic heterocycles. The standard InChI is InChI=1S/C14H20N2.C2H6/c1-4-16(3)9-8-12-10-15-14-11(2)6-5-7-13(12)14;1-2/h5-7,10,15H,4,8-9H2,1-3H3;1-2H3. The Hall–Kier alpha value is -1.28. The summed E-state index contributed by atoms with van der Waals surface area (Å²) >= 11 is 0. The van der Waals surface area contributed by atoms with Gasteiger partial charge in [0.05, 0.1) is 0 Å². The van der Waals surface area contributed by atoms with Crippen LogP contribution in [0.5, 0.6) is 0 Å². The molecule has 0 spiro atoms. The van der Waals surface area contributed by atoms with Crippen LogP contribution < -0.4 is 0 Å². The normalized spacial score (nSPS) is 10.6. The van der Waals surface area contributed by atoms with E-state index in [-0.39, 0.29) is 0 Å². The molecule has 0 aliphatic heterocycles. The second-order valence-electron chi connectivity index (χ2n) is 4.46. The van der Waals surface area contributed by atoms with Crippen LogP contribution in [0.2, 0.25) is 0 Å². The van der Waals surface area contributed by atoms with E-state index in [2.05, 4.69) is 55.2 Å². The highest BCUT2D eigenvalue weighted by Gasteiger charge is 2.05. The van der Waals surface area contributed by atoms with Crippen LogP contribution in [0, 0.1) is 6.92 Å². The number of aromatic amines is 1. The van der Waals surface area contributed by atoms with E-state index in [1.807, 2.05) is 13.8 Å². The maximum Gasteiger partial charge on any atom is 0.0486 e. The third-order valence-electron chi connectivity index (χ3n) is 3.31. The topological polar surface area (TPSA) is 19.0 Å². The Kier molecular flexibility index (Phi) is 5.93. The summed E-state index contributed by atoms with van der Waals surface area (Å²) < 4.78 is 0. The van der Waals surface area contributed by atoms with Gasteiger partial charge in [-0.3, -0.25) is 0 Å². The second-order valence-corrected chi connectivity index (χ2v) is 4.46. The fourth-order valence-electron chi connectivity index (χ4n) is 2.04. The molecule has 0 aliphatic rings. The van der Waals surface area contributed by atoms with Gasteiger partial charge in [-0.2, -0.15) is 0 Å². The van der Waals surface area contributed by atoms with Crippen molar-refractivity contribution in [1.29, 1.82) is 0 Å². The molecule has 1 aromatic carbocycles. The van der Waals surface area contributed by atoms with Gasteiger partial charge >= 0.3 is 0 Å². The van der Waals surface area contributed by atoms with Gasteiger partial charge in [0, 0.05) is 23.6 Å². The number of H-pyrrole nitrogens is 1. The van der Waals surface area contributed by atoms with Crippen LogP contribution in [-0.4, -0.2) is 30.0 Å². The smallest absolute Gasteiger partial charge is 0.0486 e. The van der Waals surface area contributed by atoms with Gasteiger partial charge < -0.3 is 9.88 Å². The summed E-state index contributed by atoms with van der Waals surface area (Å²) in [6.07, 6.45) is 3.27. The fraction of sp³-hybridized carbons (Fsp3) is 0.500. The van der Waals surface area contributed by atoms with Crippen LogP contribution in [0.1, 0.15) is 31.9 Å². The van der Waals surface area contributed by atoms with Crippen LogP contribution in [0.25, 0.3) is 10.9 Å². The van der Waals surface area contributed by atoms with E-state index < -0.39 is 0 Å². The van der Waals surface area contributed by atoms with Crippen LogP contribution in [0.4, 0.5) is 0 Å². The first kappa shape index (κ1) is 14.8. The lowest BCUT2D eigenvalue weighted by molar-refractivity contribution is 0.358. The molecule has 0 atom stereocenters. The number of fused-ring (bicyclic) bond motifs is 1. The molecule has 0 aliphatic carbocycles. The van der Waals surface area contributed by atoms with E-state index in [0.717, 1.165) is 19.5 Å². The lowest BCUT2D eigenvalue weighted by atomic mass is 10.1. The van der Waals surface area contributed by atoms with Gasteiger partial charge in [-0.15, -0.1) is 0 Å². The van der Waals surface area contributed by atoms with E-state index in [1.165, 1.54) is 22.0 Å². The molecule has 18 heavy (non-hydrogen) atoms. The third kappa shape index (κ3) is 3.36. The number of hydrogen-bond acceptors (Lipinski definition) is 1. The number of aromatic nitrogens is 1. The molecule has 0 bridgehead atoms. The zero-order chi connectivity index (χ0) is 13.5. The first-order chi connectivity index (χ1) is 8.72. The van der Waals surface area contributed by atoms with Gasteiger partial charge in [0.25, 0.3) is 0 Å². The van der Waals surface area contributed by atoms with Crippen molar-refractivity contribution in [2.45, 2.75) is 34.1 Å². The van der Waals surface area contributed by atoms with Crippen LogP contribution >= 0.6 is 0 Å². The van der Waals surface area contributed by atoms with Gasteiger partial charge in [-0.1, -0.05) is 39.0 Å². The van der Waals surface area contributed by atoms with Gasteiger partial charge in [0.2, 0.25) is 0 Å². The van der Waals surface area contributed by atoms with Crippen molar-refractivity contribution in [2.75, 3.05) is 20.1 Å². The highest BCUT2D eigenvalue weighted by Crippen LogP contribution is 2.21. The quantitative estimate of drug-likeness (QED) is 0.864. The predicted octanol–water partition coefficient (Wildman–Crippen LogP) is 4.00. The number of hydrogen-bond donors (Lipinski definition) is 1. The monoisotopic (exact) mass is 246 g/mol. The maximum atomic E-state index is 3.38. The van der Waals surface area contributed by atoms with E-state index in [0.29, 0.717) is 0 Å². The molecule has 0 fully saturated rings. The molecule has 0 unspecified atom stereocenters. The molecule has 0 saturated carbocycles. The Morgan fingerprint density at radius 2 is 1.94 bits per heavy atom. The molecule has 2 aromatic rings. The minimum atomic E-state index is 1.11. The van der Waals surface area contributed by atoms with Crippen molar-refractivity contribution < 1.29 is 0 Å². The number of aryl methyl sites for hydroxylation is 1. The molecule has 1 N–H and O–H groups in total. The molecular weight excluding hydrogens is 220 g/mol. The fourth-order valence-corrected chi connectivity index (χ4v) is 2.04. The third-order valence-corrected chi connectivity index (χ3v) is 3.31. The summed E-state index contributed by atoms with van der Waals surface area (Å²) in [5.41, 5.74) is 4.04. The Morgan fingerprint density at radius 1 is 1.22 bits per heavy atom. The first-order valence-corrected chi connectivity index (χ1v) is 6.96. The van der Waals surface area contributed by atoms with Gasteiger partial charge in [-0.25, -0.2) is 0 Å². The molecule has 2 rings (SSSR count). The number of likely N-dealkylation sites (N-methyl/N-ethyl adjacent to an activating group) is 1. The molecule has 2 nitrogen and oxygen atoms in total. The van der Waals surface area contributed by atoms with Crippen molar-refractivity contribution in [3.05, 3.63) is 35.5 Å². The Labute approximate surface area is 111 Å². The molecule has 100 valence electrons. The second kappa shape index (κ2) is 7.22. The maximum absolute atomic E-state index is 3.38. The van der Waals surface area contributed by atoms with E-state index in [4.69, 9.17) is 0 Å². The Bertz CT molecular complexity index is 471. The van der Waals surface area contributed by atoms with Crippen molar-refractivity contribution >= 4 is 10.9 Å². The number of nitrogens with zero attached hydrogens (tertiary/aromatic N) is 1. The highest BCUT2D eigenvalue weighted by atomic mass is 15.1. The first-order valence-electron chi connectivity index (χ1n) is 6.96. The number of benzene rings is 1. The minimum absolute atomic E-state index is 1.11. The summed E-state index contributed by atoms with van der Waals surface area (Å²) in [5.74, 6) is 0. The average Bonchev–Trinajstić information content (AvgIpc) is 2.83. The van der Waals surface area contributed by atoms with Crippen LogP contribution in [0.15, 0.2) is 24.4 Å². The van der Waals surface area contributed by atoms with E-state index in [9.17, 15) is 0 Å². The zero-order valence-corrected chi connectivity index (χ0v) is 12.4. The summed E-state index contributed by atoms with van der Waals surface area (Å²) in [5, 5.41) is 1.38. The van der Waals surface area contributed by atoms with Crippen molar-refractivity contribution in [3.8, 4) is 0 Å². The molecular formula is C16H26N2. The van der Waals surface area contributed by atoms with Crippen LogP contribution in [0.3, 0.4) is 0 Å².